The molecule has 1 saturated heterocycles. The van der Waals surface area contributed by atoms with Crippen LogP contribution in [0, 0.1) is 0 Å². The maximum Gasteiger partial charge on any atom is 4.00 e. The quantitative estimate of drug-likeness (QED) is 0.131. The van der Waals surface area contributed by atoms with Gasteiger partial charge in [-0.05, 0) is 0 Å². The van der Waals surface area contributed by atoms with Crippen LogP contribution in [0.1, 0.15) is 0 Å². The van der Waals surface area contributed by atoms with Gasteiger partial charge in [-0.3, -0.25) is 37.9 Å². The van der Waals surface area contributed by atoms with E-state index < -0.39 is 55.5 Å². The minimum Gasteiger partial charge on any atom is -0.324 e. The van der Waals surface area contributed by atoms with Gasteiger partial charge in [-0.25, -0.2) is 0 Å². The molecular formula is C12H32N4O12P4Zr+4. The van der Waals surface area contributed by atoms with Crippen LogP contribution in [0.15, 0.2) is 0 Å². The zero-order valence-corrected chi connectivity index (χ0v) is 23.8. The van der Waals surface area contributed by atoms with E-state index in [2.05, 4.69) is 0 Å². The van der Waals surface area contributed by atoms with Gasteiger partial charge < -0.3 is 39.1 Å². The van der Waals surface area contributed by atoms with E-state index in [9.17, 15) is 57.4 Å². The Morgan fingerprint density at radius 1 is 0.394 bits per heavy atom. The van der Waals surface area contributed by atoms with Crippen molar-refractivity contribution >= 4 is 30.4 Å². The average molecular weight is 640 g/mol. The predicted molar refractivity (Wildman–Crippen MR) is 114 cm³/mol. The number of nitrogens with zero attached hydrogens (tertiary/aromatic N) is 4. The molecule has 0 unspecified atom stereocenters. The van der Waals surface area contributed by atoms with Crippen LogP contribution in [0.3, 0.4) is 0 Å². The molecule has 0 aromatic rings. The zero-order chi connectivity index (χ0) is 24.8. The fourth-order valence-corrected chi connectivity index (χ4v) is 6.40. The molecule has 8 N–H and O–H groups in total. The molecule has 33 heavy (non-hydrogen) atoms. The minimum atomic E-state index is -4.48. The van der Waals surface area contributed by atoms with E-state index in [1.807, 2.05) is 0 Å². The Hall–Kier alpha value is 1.32. The van der Waals surface area contributed by atoms with Gasteiger partial charge in [0.15, 0.2) is 0 Å². The van der Waals surface area contributed by atoms with E-state index in [0.29, 0.717) is 0 Å². The molecule has 0 aromatic heterocycles. The van der Waals surface area contributed by atoms with Gasteiger partial charge in [-0.1, -0.05) is 0 Å². The summed E-state index contributed by atoms with van der Waals surface area (Å²) in [5, 5.41) is 0. The molecule has 192 valence electrons. The van der Waals surface area contributed by atoms with Crippen molar-refractivity contribution in [3.8, 4) is 0 Å². The largest absolute Gasteiger partial charge is 4.00 e. The van der Waals surface area contributed by atoms with Gasteiger partial charge in [0.25, 0.3) is 0 Å². The second-order valence-corrected chi connectivity index (χ2v) is 14.1. The molecule has 0 saturated carbocycles. The van der Waals surface area contributed by atoms with Crippen molar-refractivity contribution in [2.24, 2.45) is 0 Å². The van der Waals surface area contributed by atoms with E-state index >= 15 is 0 Å². The van der Waals surface area contributed by atoms with Gasteiger partial charge in [0, 0.05) is 52.4 Å². The predicted octanol–water partition coefficient (Wildman–Crippen LogP) is -2.25. The van der Waals surface area contributed by atoms with E-state index in [1.165, 1.54) is 19.6 Å². The molecule has 1 aliphatic heterocycles. The Morgan fingerprint density at radius 2 is 0.515 bits per heavy atom. The Morgan fingerprint density at radius 3 is 0.606 bits per heavy atom. The summed E-state index contributed by atoms with van der Waals surface area (Å²) in [6.45, 7) is -0.0527. The fourth-order valence-electron chi connectivity index (χ4n) is 3.19. The maximum absolute atomic E-state index is 11.5. The van der Waals surface area contributed by atoms with Crippen molar-refractivity contribution in [2.75, 3.05) is 77.5 Å². The first-order valence-corrected chi connectivity index (χ1v) is 16.6. The van der Waals surface area contributed by atoms with E-state index in [-0.39, 0.29) is 78.6 Å². The Bertz CT molecular complexity index is 640. The molecule has 0 amide bonds. The molecule has 21 heteroatoms. The standard InChI is InChI=1S/C12H32N4O12P4.Zr/c17-29(18,19)9-13-1-2-14(10-30(20,21)22)5-6-16(12-32(26,27)28)8-7-15(4-3-13)11-31(23,24)25;/h1-12H2,(H2,17,18,19)(H2,20,21,22)(H2,23,24,25)(H2,26,27,28);/q;+4. The first-order valence-electron chi connectivity index (χ1n) is 9.39. The Labute approximate surface area is 210 Å². The first kappa shape index (κ1) is 34.3. The second kappa shape index (κ2) is 14.3. The van der Waals surface area contributed by atoms with Crippen molar-refractivity contribution in [2.45, 2.75) is 0 Å². The summed E-state index contributed by atoms with van der Waals surface area (Å²) >= 11 is 0. The zero-order valence-electron chi connectivity index (χ0n) is 17.8. The van der Waals surface area contributed by atoms with E-state index in [1.54, 1.807) is 0 Å². The van der Waals surface area contributed by atoms with Gasteiger partial charge in [-0.15, -0.1) is 0 Å². The van der Waals surface area contributed by atoms with Crippen LogP contribution >= 0.6 is 30.4 Å². The van der Waals surface area contributed by atoms with Crippen LogP contribution in [0.25, 0.3) is 0 Å². The van der Waals surface area contributed by atoms with Crippen LogP contribution < -0.4 is 0 Å². The fraction of sp³-hybridized carbons (Fsp3) is 1.00. The third-order valence-electron chi connectivity index (χ3n) is 4.47. The van der Waals surface area contributed by atoms with Crippen molar-refractivity contribution in [3.63, 3.8) is 0 Å². The minimum absolute atomic E-state index is 0. The van der Waals surface area contributed by atoms with Gasteiger partial charge in [0.1, 0.15) is 25.1 Å². The monoisotopic (exact) mass is 638 g/mol. The molecular weight excluding hydrogens is 607 g/mol. The molecule has 1 fully saturated rings. The van der Waals surface area contributed by atoms with Gasteiger partial charge >= 0.3 is 56.6 Å². The normalized spacial score (nSPS) is 20.6. The summed E-state index contributed by atoms with van der Waals surface area (Å²) in [4.78, 5) is 79.9. The van der Waals surface area contributed by atoms with Crippen molar-refractivity contribution < 1.29 is 83.6 Å². The third-order valence-corrected chi connectivity index (χ3v) is 7.54. The SMILES string of the molecule is O=P(O)(O)CN1CCN(CP(=O)(O)O)CCN(CP(=O)(O)O)CCN(CP(=O)(O)O)CC1.[Zr+4]. The molecule has 1 heterocycles. The van der Waals surface area contributed by atoms with Crippen LogP contribution in [-0.4, -0.2) is 136 Å². The van der Waals surface area contributed by atoms with Crippen molar-refractivity contribution in [1.29, 1.82) is 0 Å². The van der Waals surface area contributed by atoms with Gasteiger partial charge in [-0.2, -0.15) is 0 Å². The van der Waals surface area contributed by atoms with Crippen LogP contribution in [0.5, 0.6) is 0 Å². The summed E-state index contributed by atoms with van der Waals surface area (Å²) in [6.07, 6.45) is -2.59. The summed E-state index contributed by atoms with van der Waals surface area (Å²) in [7, 11) is -17.9. The summed E-state index contributed by atoms with van der Waals surface area (Å²) < 4.78 is 45.9. The van der Waals surface area contributed by atoms with Crippen molar-refractivity contribution in [3.05, 3.63) is 0 Å². The molecule has 0 radical (unpaired) electrons. The summed E-state index contributed by atoms with van der Waals surface area (Å²) in [5.41, 5.74) is 0. The molecule has 0 aromatic carbocycles. The molecule has 0 atom stereocenters. The van der Waals surface area contributed by atoms with Crippen LogP contribution in [0.4, 0.5) is 0 Å². The number of hydrogen-bond donors (Lipinski definition) is 8. The Kier molecular flexibility index (Phi) is 14.9. The van der Waals surface area contributed by atoms with Gasteiger partial charge in [0.05, 0.1) is 0 Å². The topological polar surface area (TPSA) is 243 Å². The van der Waals surface area contributed by atoms with E-state index in [0.717, 1.165) is 0 Å². The second-order valence-electron chi connectivity index (χ2n) is 7.70. The third kappa shape index (κ3) is 19.1. The van der Waals surface area contributed by atoms with Crippen LogP contribution in [0.2, 0.25) is 0 Å². The molecule has 0 bridgehead atoms. The van der Waals surface area contributed by atoms with Gasteiger partial charge in [0.2, 0.25) is 0 Å². The first-order chi connectivity index (χ1) is 14.3. The number of rotatable bonds is 8. The molecule has 16 nitrogen and oxygen atoms in total. The number of hydrogen-bond acceptors (Lipinski definition) is 8. The Balaban J connectivity index is 0.0000102. The molecule has 1 rings (SSSR count). The average Bonchev–Trinajstić information content (AvgIpc) is 2.52. The summed E-state index contributed by atoms with van der Waals surface area (Å²) in [5.74, 6) is 0. The maximum atomic E-state index is 11.5. The molecule has 0 aliphatic carbocycles. The van der Waals surface area contributed by atoms with Crippen molar-refractivity contribution in [1.82, 2.24) is 19.6 Å². The van der Waals surface area contributed by atoms with Crippen LogP contribution in [-0.2, 0) is 44.5 Å². The van der Waals surface area contributed by atoms with E-state index in [4.69, 9.17) is 0 Å². The summed E-state index contributed by atoms with van der Waals surface area (Å²) in [6, 6.07) is 0. The molecule has 0 spiro atoms. The smallest absolute Gasteiger partial charge is 0.324 e. The molecule has 1 aliphatic rings.